The number of oxazole rings is 1. The summed E-state index contributed by atoms with van der Waals surface area (Å²) in [6.45, 7) is 1.78. The molecule has 5 nitrogen and oxygen atoms in total. The second-order valence-corrected chi connectivity index (χ2v) is 4.90. The van der Waals surface area contributed by atoms with Crippen molar-refractivity contribution in [2.24, 2.45) is 0 Å². The number of aryl methyl sites for hydroxylation is 1. The van der Waals surface area contributed by atoms with Crippen molar-refractivity contribution >= 4 is 5.97 Å². The highest BCUT2D eigenvalue weighted by molar-refractivity contribution is 5.75. The van der Waals surface area contributed by atoms with E-state index in [4.69, 9.17) is 4.42 Å². The summed E-state index contributed by atoms with van der Waals surface area (Å²) in [7, 11) is 1.33. The molecule has 0 amide bonds. The number of rotatable bonds is 3. The van der Waals surface area contributed by atoms with Gasteiger partial charge in [-0.3, -0.25) is 0 Å². The molecule has 2 rings (SSSR count). The lowest BCUT2D eigenvalue weighted by molar-refractivity contribution is -0.240. The second-order valence-electron chi connectivity index (χ2n) is 4.90. The largest absolute Gasteiger partial charge is 0.492 e. The lowest BCUT2D eigenvalue weighted by Gasteiger charge is -2.23. The molecule has 1 aliphatic rings. The van der Waals surface area contributed by atoms with Gasteiger partial charge in [0.05, 0.1) is 6.20 Å². The van der Waals surface area contributed by atoms with E-state index >= 15 is 0 Å². The van der Waals surface area contributed by atoms with Gasteiger partial charge in [0.25, 0.3) is 0 Å². The maximum Gasteiger partial charge on any atom is 0.492 e. The van der Waals surface area contributed by atoms with E-state index < -0.39 is 12.1 Å². The van der Waals surface area contributed by atoms with E-state index in [2.05, 4.69) is 9.82 Å². The van der Waals surface area contributed by atoms with Crippen LogP contribution in [0.25, 0.3) is 0 Å². The third-order valence-corrected chi connectivity index (χ3v) is 3.37. The van der Waals surface area contributed by atoms with Crippen molar-refractivity contribution in [2.75, 3.05) is 7.05 Å². The Morgan fingerprint density at radius 3 is 2.75 bits per heavy atom. The number of carbonyl (C=O) groups is 1. The van der Waals surface area contributed by atoms with Gasteiger partial charge in [-0.15, -0.1) is 5.06 Å². The normalized spacial score (nSPS) is 23.3. The smallest absolute Gasteiger partial charge is 0.446 e. The van der Waals surface area contributed by atoms with E-state index in [-0.39, 0.29) is 12.0 Å². The van der Waals surface area contributed by atoms with Crippen LogP contribution in [0, 0.1) is 6.92 Å². The van der Waals surface area contributed by atoms with Crippen LogP contribution in [0.4, 0.5) is 13.2 Å². The number of nitrogens with zero attached hydrogens (tertiary/aromatic N) is 2. The minimum Gasteiger partial charge on any atom is -0.446 e. The fourth-order valence-corrected chi connectivity index (χ4v) is 2.33. The predicted octanol–water partition coefficient (Wildman–Crippen LogP) is 2.57. The Kier molecular flexibility index (Phi) is 4.03. The number of halogens is 3. The molecular formula is C12H15F3N2O3. The minimum absolute atomic E-state index is 0.0424. The molecule has 0 N–H and O–H groups in total. The lowest BCUT2D eigenvalue weighted by Crippen LogP contribution is -2.37. The molecule has 1 heterocycles. The van der Waals surface area contributed by atoms with E-state index in [1.54, 1.807) is 13.1 Å². The number of carbonyl (C=O) groups excluding carboxylic acids is 1. The monoisotopic (exact) mass is 292 g/mol. The van der Waals surface area contributed by atoms with Crippen LogP contribution in [0.1, 0.15) is 36.8 Å². The van der Waals surface area contributed by atoms with Crippen LogP contribution in [0.15, 0.2) is 10.6 Å². The zero-order valence-electron chi connectivity index (χ0n) is 11.1. The van der Waals surface area contributed by atoms with Crippen molar-refractivity contribution in [3.8, 4) is 0 Å². The van der Waals surface area contributed by atoms with E-state index in [1.807, 2.05) is 0 Å². The SMILES string of the molecule is Cc1cnc([C@H]2CC[C@@H](N(C)OC(=O)C(F)(F)F)C2)o1. The fraction of sp³-hybridized carbons (Fsp3) is 0.667. The van der Waals surface area contributed by atoms with E-state index in [0.29, 0.717) is 24.5 Å². The lowest BCUT2D eigenvalue weighted by atomic mass is 10.1. The number of hydroxylamine groups is 2. The molecule has 0 aromatic carbocycles. The Morgan fingerprint density at radius 1 is 1.50 bits per heavy atom. The predicted molar refractivity (Wildman–Crippen MR) is 61.5 cm³/mol. The van der Waals surface area contributed by atoms with Gasteiger partial charge in [0.2, 0.25) is 0 Å². The summed E-state index contributed by atoms with van der Waals surface area (Å²) >= 11 is 0. The average molecular weight is 292 g/mol. The summed E-state index contributed by atoms with van der Waals surface area (Å²) in [6.07, 6.45) is -1.48. The Morgan fingerprint density at radius 2 is 2.20 bits per heavy atom. The summed E-state index contributed by atoms with van der Waals surface area (Å²) in [5.74, 6) is -0.878. The van der Waals surface area contributed by atoms with Crippen LogP contribution in [-0.4, -0.2) is 35.3 Å². The average Bonchev–Trinajstić information content (AvgIpc) is 2.95. The fourth-order valence-electron chi connectivity index (χ4n) is 2.33. The van der Waals surface area contributed by atoms with Crippen LogP contribution in [-0.2, 0) is 9.63 Å². The van der Waals surface area contributed by atoms with Gasteiger partial charge in [-0.05, 0) is 26.2 Å². The molecule has 0 unspecified atom stereocenters. The molecule has 0 saturated heterocycles. The molecule has 1 aliphatic carbocycles. The highest BCUT2D eigenvalue weighted by atomic mass is 19.4. The first-order chi connectivity index (χ1) is 9.27. The summed E-state index contributed by atoms with van der Waals surface area (Å²) in [6, 6.07) is -0.265. The van der Waals surface area contributed by atoms with Gasteiger partial charge < -0.3 is 9.25 Å². The highest BCUT2D eigenvalue weighted by Crippen LogP contribution is 2.36. The third-order valence-electron chi connectivity index (χ3n) is 3.37. The molecule has 2 atom stereocenters. The van der Waals surface area contributed by atoms with Gasteiger partial charge in [0, 0.05) is 19.0 Å². The van der Waals surface area contributed by atoms with E-state index in [1.165, 1.54) is 7.05 Å². The Hall–Kier alpha value is -1.57. The third kappa shape index (κ3) is 3.30. The van der Waals surface area contributed by atoms with Crippen LogP contribution in [0.5, 0.6) is 0 Å². The van der Waals surface area contributed by atoms with Crippen LogP contribution >= 0.6 is 0 Å². The standard InChI is InChI=1S/C12H15F3N2O3/c1-7-6-16-10(19-7)8-3-4-9(5-8)17(2)20-11(18)12(13,14)15/h6,8-9H,3-5H2,1-2H3/t8-,9+/m0/s1. The van der Waals surface area contributed by atoms with Gasteiger partial charge in [0.1, 0.15) is 5.76 Å². The molecule has 1 aromatic heterocycles. The number of hydrogen-bond acceptors (Lipinski definition) is 5. The zero-order valence-corrected chi connectivity index (χ0v) is 11.1. The van der Waals surface area contributed by atoms with Crippen molar-refractivity contribution in [1.29, 1.82) is 0 Å². The van der Waals surface area contributed by atoms with Crippen LogP contribution in [0.3, 0.4) is 0 Å². The molecule has 0 radical (unpaired) electrons. The molecule has 1 aromatic rings. The van der Waals surface area contributed by atoms with Gasteiger partial charge in [-0.2, -0.15) is 13.2 Å². The van der Waals surface area contributed by atoms with Crippen LogP contribution in [0.2, 0.25) is 0 Å². The molecular weight excluding hydrogens is 277 g/mol. The van der Waals surface area contributed by atoms with E-state index in [0.717, 1.165) is 11.5 Å². The quantitative estimate of drug-likeness (QED) is 0.801. The minimum atomic E-state index is -4.98. The van der Waals surface area contributed by atoms with Gasteiger partial charge in [-0.1, -0.05) is 0 Å². The molecule has 0 bridgehead atoms. The van der Waals surface area contributed by atoms with Crippen molar-refractivity contribution in [3.05, 3.63) is 17.8 Å². The molecule has 112 valence electrons. The highest BCUT2D eigenvalue weighted by Gasteiger charge is 2.43. The van der Waals surface area contributed by atoms with Crippen molar-refractivity contribution in [1.82, 2.24) is 10.0 Å². The van der Waals surface area contributed by atoms with Crippen molar-refractivity contribution in [3.63, 3.8) is 0 Å². The Labute approximate surface area is 113 Å². The first kappa shape index (κ1) is 14.8. The summed E-state index contributed by atoms with van der Waals surface area (Å²) in [4.78, 5) is 19.2. The Bertz CT molecular complexity index is 487. The Balaban J connectivity index is 1.91. The zero-order chi connectivity index (χ0) is 14.9. The van der Waals surface area contributed by atoms with Crippen molar-refractivity contribution in [2.45, 2.75) is 44.3 Å². The first-order valence-corrected chi connectivity index (χ1v) is 6.21. The summed E-state index contributed by atoms with van der Waals surface area (Å²) in [5.41, 5.74) is 0. The first-order valence-electron chi connectivity index (χ1n) is 6.21. The van der Waals surface area contributed by atoms with Gasteiger partial charge >= 0.3 is 12.1 Å². The molecule has 1 saturated carbocycles. The number of alkyl halides is 3. The maximum atomic E-state index is 12.1. The molecule has 8 heteroatoms. The molecule has 20 heavy (non-hydrogen) atoms. The van der Waals surface area contributed by atoms with E-state index in [9.17, 15) is 18.0 Å². The van der Waals surface area contributed by atoms with Gasteiger partial charge in [0.15, 0.2) is 5.89 Å². The van der Waals surface area contributed by atoms with Gasteiger partial charge in [-0.25, -0.2) is 9.78 Å². The maximum absolute atomic E-state index is 12.1. The number of hydrogen-bond donors (Lipinski definition) is 0. The van der Waals surface area contributed by atoms with Crippen molar-refractivity contribution < 1.29 is 27.2 Å². The second kappa shape index (κ2) is 5.43. The molecule has 0 aliphatic heterocycles. The van der Waals surface area contributed by atoms with Crippen LogP contribution < -0.4 is 0 Å². The topological polar surface area (TPSA) is 55.6 Å². The molecule has 1 fully saturated rings. The summed E-state index contributed by atoms with van der Waals surface area (Å²) in [5, 5.41) is 0.978. The summed E-state index contributed by atoms with van der Waals surface area (Å²) < 4.78 is 41.8. The number of aromatic nitrogens is 1. The molecule has 0 spiro atoms.